The zero-order chi connectivity index (χ0) is 18.3. The van der Waals surface area contributed by atoms with Crippen molar-refractivity contribution in [3.8, 4) is 0 Å². The van der Waals surface area contributed by atoms with Crippen LogP contribution in [-0.2, 0) is 4.74 Å². The van der Waals surface area contributed by atoms with Gasteiger partial charge in [0.1, 0.15) is 0 Å². The number of hydrogen-bond acceptors (Lipinski definition) is 4. The van der Waals surface area contributed by atoms with Gasteiger partial charge < -0.3 is 4.74 Å². The van der Waals surface area contributed by atoms with Crippen LogP contribution in [0, 0.1) is 12.3 Å². The lowest BCUT2D eigenvalue weighted by molar-refractivity contribution is -0.150. The molecule has 2 unspecified atom stereocenters. The van der Waals surface area contributed by atoms with Crippen LogP contribution in [0.1, 0.15) is 59.8 Å². The minimum absolute atomic E-state index is 0.0149. The molecule has 0 aromatic carbocycles. The highest BCUT2D eigenvalue weighted by Crippen LogP contribution is 2.31. The summed E-state index contributed by atoms with van der Waals surface area (Å²) in [4.78, 5) is 28.6. The lowest BCUT2D eigenvalue weighted by Gasteiger charge is -2.46. The molecule has 1 fully saturated rings. The molecule has 1 aliphatic rings. The molecule has 0 bridgehead atoms. The summed E-state index contributed by atoms with van der Waals surface area (Å²) < 4.78 is 7.77. The van der Waals surface area contributed by atoms with Gasteiger partial charge in [0.15, 0.2) is 6.23 Å². The molecule has 1 aromatic rings. The standard InChI is InChI=1S/C18H31N3O3/c1-12-9-21(16(23)19-15(12)22)14-11-20(18(5,6)7)10-13(24-14)8-17(2,3)4/h9,13-14H,8,10-11H2,1-7H3,(H,19,22,23). The van der Waals surface area contributed by atoms with Gasteiger partial charge in [-0.3, -0.25) is 19.2 Å². The van der Waals surface area contributed by atoms with Gasteiger partial charge in [-0.2, -0.15) is 0 Å². The third-order valence-corrected chi connectivity index (χ3v) is 4.39. The van der Waals surface area contributed by atoms with Gasteiger partial charge in [0.25, 0.3) is 5.56 Å². The minimum Gasteiger partial charge on any atom is -0.352 e. The Morgan fingerprint density at radius 2 is 1.79 bits per heavy atom. The van der Waals surface area contributed by atoms with E-state index in [9.17, 15) is 9.59 Å². The summed E-state index contributed by atoms with van der Waals surface area (Å²) >= 11 is 0. The molecule has 1 aromatic heterocycles. The monoisotopic (exact) mass is 337 g/mol. The molecule has 0 amide bonds. The Balaban J connectivity index is 2.36. The summed E-state index contributed by atoms with van der Waals surface area (Å²) in [6, 6.07) is 0. The first kappa shape index (κ1) is 18.9. The minimum atomic E-state index is -0.416. The molecule has 0 saturated carbocycles. The van der Waals surface area contributed by atoms with E-state index in [0.717, 1.165) is 13.0 Å². The van der Waals surface area contributed by atoms with E-state index in [4.69, 9.17) is 4.74 Å². The summed E-state index contributed by atoms with van der Waals surface area (Å²) in [5, 5.41) is 0. The quantitative estimate of drug-likeness (QED) is 0.899. The van der Waals surface area contributed by atoms with E-state index in [-0.39, 0.29) is 22.6 Å². The van der Waals surface area contributed by atoms with Gasteiger partial charge in [0.2, 0.25) is 0 Å². The smallest absolute Gasteiger partial charge is 0.330 e. The summed E-state index contributed by atoms with van der Waals surface area (Å²) in [6.07, 6.45) is 2.16. The zero-order valence-electron chi connectivity index (χ0n) is 16.0. The Hall–Kier alpha value is -1.40. The first-order valence-corrected chi connectivity index (χ1v) is 8.59. The van der Waals surface area contributed by atoms with Crippen molar-refractivity contribution in [1.82, 2.24) is 14.5 Å². The van der Waals surface area contributed by atoms with Crippen molar-refractivity contribution in [3.63, 3.8) is 0 Å². The summed E-state index contributed by atoms with van der Waals surface area (Å²) in [6.45, 7) is 16.3. The van der Waals surface area contributed by atoms with Crippen molar-refractivity contribution < 1.29 is 4.74 Å². The van der Waals surface area contributed by atoms with E-state index >= 15 is 0 Å². The van der Waals surface area contributed by atoms with Gasteiger partial charge in [-0.05, 0) is 39.5 Å². The van der Waals surface area contributed by atoms with Crippen LogP contribution in [0.5, 0.6) is 0 Å². The number of nitrogens with one attached hydrogen (secondary N) is 1. The van der Waals surface area contributed by atoms with Gasteiger partial charge in [0.05, 0.1) is 6.10 Å². The van der Waals surface area contributed by atoms with Crippen LogP contribution in [0.3, 0.4) is 0 Å². The lowest BCUT2D eigenvalue weighted by atomic mass is 9.88. The molecular weight excluding hydrogens is 306 g/mol. The van der Waals surface area contributed by atoms with Crippen LogP contribution < -0.4 is 11.2 Å². The summed E-state index contributed by atoms with van der Waals surface area (Å²) in [7, 11) is 0. The van der Waals surface area contributed by atoms with Crippen LogP contribution in [0.15, 0.2) is 15.8 Å². The molecule has 2 atom stereocenters. The van der Waals surface area contributed by atoms with Crippen LogP contribution >= 0.6 is 0 Å². The maximum absolute atomic E-state index is 12.2. The third-order valence-electron chi connectivity index (χ3n) is 4.39. The topological polar surface area (TPSA) is 67.3 Å². The van der Waals surface area contributed by atoms with Crippen molar-refractivity contribution >= 4 is 0 Å². The predicted octanol–water partition coefficient (Wildman–Crippen LogP) is 2.28. The van der Waals surface area contributed by atoms with Crippen LogP contribution in [0.25, 0.3) is 0 Å². The fourth-order valence-corrected chi connectivity index (χ4v) is 3.11. The molecule has 0 aliphatic carbocycles. The molecule has 2 heterocycles. The number of ether oxygens (including phenoxy) is 1. The van der Waals surface area contributed by atoms with E-state index in [2.05, 4.69) is 51.4 Å². The largest absolute Gasteiger partial charge is 0.352 e. The van der Waals surface area contributed by atoms with E-state index < -0.39 is 11.9 Å². The van der Waals surface area contributed by atoms with Crippen LogP contribution in [-0.4, -0.2) is 39.2 Å². The second kappa shape index (κ2) is 6.48. The van der Waals surface area contributed by atoms with Crippen molar-refractivity contribution in [2.24, 2.45) is 5.41 Å². The first-order valence-electron chi connectivity index (χ1n) is 8.59. The molecule has 24 heavy (non-hydrogen) atoms. The van der Waals surface area contributed by atoms with Crippen molar-refractivity contribution in [2.75, 3.05) is 13.1 Å². The fraction of sp³-hybridized carbons (Fsp3) is 0.778. The second-order valence-corrected chi connectivity index (χ2v) is 9.03. The van der Waals surface area contributed by atoms with Crippen molar-refractivity contribution in [1.29, 1.82) is 0 Å². The highest BCUT2D eigenvalue weighted by molar-refractivity contribution is 5.02. The van der Waals surface area contributed by atoms with Gasteiger partial charge in [-0.25, -0.2) is 4.79 Å². The zero-order valence-corrected chi connectivity index (χ0v) is 16.0. The number of H-pyrrole nitrogens is 1. The fourth-order valence-electron chi connectivity index (χ4n) is 3.11. The van der Waals surface area contributed by atoms with E-state index in [0.29, 0.717) is 12.1 Å². The SMILES string of the molecule is Cc1cn(C2CN(C(C)(C)C)CC(CC(C)(C)C)O2)c(=O)[nH]c1=O. The molecule has 2 rings (SSSR count). The number of aromatic nitrogens is 2. The van der Waals surface area contributed by atoms with Crippen LogP contribution in [0.4, 0.5) is 0 Å². The molecule has 1 aliphatic heterocycles. The maximum atomic E-state index is 12.2. The maximum Gasteiger partial charge on any atom is 0.330 e. The second-order valence-electron chi connectivity index (χ2n) is 9.03. The van der Waals surface area contributed by atoms with Gasteiger partial charge in [0, 0.05) is 30.4 Å². The molecule has 1 saturated heterocycles. The number of aromatic amines is 1. The Morgan fingerprint density at radius 1 is 1.17 bits per heavy atom. The molecule has 6 heteroatoms. The Morgan fingerprint density at radius 3 is 2.33 bits per heavy atom. The molecule has 1 N–H and O–H groups in total. The van der Waals surface area contributed by atoms with Gasteiger partial charge >= 0.3 is 5.69 Å². The highest BCUT2D eigenvalue weighted by atomic mass is 16.5. The predicted molar refractivity (Wildman–Crippen MR) is 95.4 cm³/mol. The normalized spacial score (nSPS) is 23.5. The van der Waals surface area contributed by atoms with E-state index in [1.807, 2.05) is 0 Å². The van der Waals surface area contributed by atoms with Gasteiger partial charge in [-0.15, -0.1) is 0 Å². The molecule has 0 radical (unpaired) electrons. The molecule has 0 spiro atoms. The van der Waals surface area contributed by atoms with Crippen molar-refractivity contribution in [3.05, 3.63) is 32.6 Å². The van der Waals surface area contributed by atoms with E-state index in [1.54, 1.807) is 13.1 Å². The number of aryl methyl sites for hydroxylation is 1. The highest BCUT2D eigenvalue weighted by Gasteiger charge is 2.36. The summed E-state index contributed by atoms with van der Waals surface area (Å²) in [5.74, 6) is 0. The summed E-state index contributed by atoms with van der Waals surface area (Å²) in [5.41, 5.74) is -0.119. The molecule has 6 nitrogen and oxygen atoms in total. The Kier molecular flexibility index (Phi) is 5.11. The number of rotatable bonds is 2. The molecule has 136 valence electrons. The average molecular weight is 337 g/mol. The molecular formula is C18H31N3O3. The van der Waals surface area contributed by atoms with Crippen LogP contribution in [0.2, 0.25) is 0 Å². The van der Waals surface area contributed by atoms with Crippen molar-refractivity contribution in [2.45, 2.75) is 72.8 Å². The Labute approximate surface area is 143 Å². The lowest BCUT2D eigenvalue weighted by Crippen LogP contribution is -2.55. The number of nitrogens with zero attached hydrogens (tertiary/aromatic N) is 2. The first-order chi connectivity index (χ1) is 10.9. The average Bonchev–Trinajstić information content (AvgIpc) is 2.39. The number of morpholine rings is 1. The third kappa shape index (κ3) is 4.57. The van der Waals surface area contributed by atoms with E-state index in [1.165, 1.54) is 4.57 Å². The van der Waals surface area contributed by atoms with Gasteiger partial charge in [-0.1, -0.05) is 20.8 Å². The Bertz CT molecular complexity index is 691. The number of hydrogen-bond donors (Lipinski definition) is 1.